The van der Waals surface area contributed by atoms with Crippen LogP contribution in [0.4, 0.5) is 4.39 Å². The van der Waals surface area contributed by atoms with Crippen LogP contribution in [0.2, 0.25) is 0 Å². The van der Waals surface area contributed by atoms with Crippen LogP contribution in [0, 0.1) is 5.82 Å². The van der Waals surface area contributed by atoms with Gasteiger partial charge in [0.1, 0.15) is 5.82 Å². The molecule has 0 aliphatic heterocycles. The molecule has 0 saturated heterocycles. The SMILES string of the molecule is CCN(C)CCNC(=O)c1cc(S)ccc1F. The van der Waals surface area contributed by atoms with Gasteiger partial charge in [0.25, 0.3) is 5.91 Å². The number of amides is 1. The molecule has 1 aromatic carbocycles. The lowest BCUT2D eigenvalue weighted by atomic mass is 10.2. The van der Waals surface area contributed by atoms with Crippen molar-refractivity contribution < 1.29 is 9.18 Å². The smallest absolute Gasteiger partial charge is 0.254 e. The molecule has 5 heteroatoms. The molecule has 1 N–H and O–H groups in total. The van der Waals surface area contributed by atoms with Gasteiger partial charge in [-0.2, -0.15) is 0 Å². The first kappa shape index (κ1) is 14.0. The molecule has 0 heterocycles. The lowest BCUT2D eigenvalue weighted by molar-refractivity contribution is 0.0946. The highest BCUT2D eigenvalue weighted by Gasteiger charge is 2.11. The van der Waals surface area contributed by atoms with Crippen molar-refractivity contribution >= 4 is 18.5 Å². The van der Waals surface area contributed by atoms with Gasteiger partial charge in [-0.25, -0.2) is 4.39 Å². The summed E-state index contributed by atoms with van der Waals surface area (Å²) < 4.78 is 13.4. The third-order valence-electron chi connectivity index (χ3n) is 2.51. The molecule has 1 rings (SSSR count). The van der Waals surface area contributed by atoms with Gasteiger partial charge >= 0.3 is 0 Å². The number of carbonyl (C=O) groups excluding carboxylic acids is 1. The van der Waals surface area contributed by atoms with Gasteiger partial charge in [-0.1, -0.05) is 6.92 Å². The van der Waals surface area contributed by atoms with Gasteiger partial charge in [0, 0.05) is 18.0 Å². The summed E-state index contributed by atoms with van der Waals surface area (Å²) in [6.07, 6.45) is 0. The molecule has 1 aromatic rings. The van der Waals surface area contributed by atoms with E-state index in [0.717, 1.165) is 13.1 Å². The summed E-state index contributed by atoms with van der Waals surface area (Å²) in [5.74, 6) is -0.924. The van der Waals surface area contributed by atoms with E-state index < -0.39 is 11.7 Å². The van der Waals surface area contributed by atoms with Crippen molar-refractivity contribution in [3.8, 4) is 0 Å². The average molecular weight is 256 g/mol. The van der Waals surface area contributed by atoms with Crippen LogP contribution in [0.25, 0.3) is 0 Å². The highest BCUT2D eigenvalue weighted by Crippen LogP contribution is 2.13. The Morgan fingerprint density at radius 2 is 2.24 bits per heavy atom. The molecule has 0 spiro atoms. The molecule has 0 unspecified atom stereocenters. The molecule has 0 bridgehead atoms. The van der Waals surface area contributed by atoms with Crippen molar-refractivity contribution in [3.05, 3.63) is 29.6 Å². The Bertz CT molecular complexity index is 398. The van der Waals surface area contributed by atoms with E-state index in [1.165, 1.54) is 18.2 Å². The highest BCUT2D eigenvalue weighted by molar-refractivity contribution is 7.80. The lowest BCUT2D eigenvalue weighted by Gasteiger charge is -2.14. The molecule has 0 atom stereocenters. The Hall–Kier alpha value is -1.07. The van der Waals surface area contributed by atoms with E-state index in [9.17, 15) is 9.18 Å². The van der Waals surface area contributed by atoms with Crippen LogP contribution >= 0.6 is 12.6 Å². The number of halogens is 1. The number of nitrogens with zero attached hydrogens (tertiary/aromatic N) is 1. The van der Waals surface area contributed by atoms with E-state index >= 15 is 0 Å². The number of benzene rings is 1. The second-order valence-electron chi connectivity index (χ2n) is 3.82. The van der Waals surface area contributed by atoms with E-state index in [0.29, 0.717) is 11.4 Å². The minimum Gasteiger partial charge on any atom is -0.351 e. The van der Waals surface area contributed by atoms with E-state index in [4.69, 9.17) is 0 Å². The maximum absolute atomic E-state index is 13.4. The summed E-state index contributed by atoms with van der Waals surface area (Å²) in [5, 5.41) is 2.68. The maximum Gasteiger partial charge on any atom is 0.254 e. The second kappa shape index (κ2) is 6.61. The molecule has 0 aromatic heterocycles. The highest BCUT2D eigenvalue weighted by atomic mass is 32.1. The monoisotopic (exact) mass is 256 g/mol. The molecule has 94 valence electrons. The van der Waals surface area contributed by atoms with Crippen molar-refractivity contribution in [1.82, 2.24) is 10.2 Å². The first-order chi connectivity index (χ1) is 8.04. The first-order valence-corrected chi connectivity index (χ1v) is 5.94. The van der Waals surface area contributed by atoms with Crippen molar-refractivity contribution in [2.75, 3.05) is 26.7 Å². The fourth-order valence-corrected chi connectivity index (χ4v) is 1.50. The summed E-state index contributed by atoms with van der Waals surface area (Å²) in [7, 11) is 1.96. The number of carbonyl (C=O) groups is 1. The van der Waals surface area contributed by atoms with Gasteiger partial charge in [-0.05, 0) is 31.8 Å². The summed E-state index contributed by atoms with van der Waals surface area (Å²) in [6.45, 7) is 4.19. The van der Waals surface area contributed by atoms with Crippen molar-refractivity contribution in [3.63, 3.8) is 0 Å². The number of likely N-dealkylation sites (N-methyl/N-ethyl adjacent to an activating group) is 1. The quantitative estimate of drug-likeness (QED) is 0.787. The Kier molecular flexibility index (Phi) is 5.44. The number of nitrogens with one attached hydrogen (secondary N) is 1. The maximum atomic E-state index is 13.4. The van der Waals surface area contributed by atoms with Gasteiger partial charge in [0.05, 0.1) is 5.56 Å². The van der Waals surface area contributed by atoms with E-state index in [2.05, 4.69) is 22.8 Å². The molecule has 0 radical (unpaired) electrons. The fraction of sp³-hybridized carbons (Fsp3) is 0.417. The standard InChI is InChI=1S/C12H17FN2OS/c1-3-15(2)7-6-14-12(16)10-8-9(17)4-5-11(10)13/h4-5,8,17H,3,6-7H2,1-2H3,(H,14,16). The molecule has 0 saturated carbocycles. The van der Waals surface area contributed by atoms with Crippen molar-refractivity contribution in [2.24, 2.45) is 0 Å². The lowest BCUT2D eigenvalue weighted by Crippen LogP contribution is -2.33. The zero-order valence-electron chi connectivity index (χ0n) is 10.0. The number of thiol groups is 1. The topological polar surface area (TPSA) is 32.3 Å². The zero-order valence-corrected chi connectivity index (χ0v) is 10.9. The Morgan fingerprint density at radius 3 is 2.88 bits per heavy atom. The van der Waals surface area contributed by atoms with Crippen LogP contribution in [-0.2, 0) is 0 Å². The molecule has 0 fully saturated rings. The average Bonchev–Trinajstić information content (AvgIpc) is 2.31. The predicted octanol–water partition coefficient (Wildman–Crippen LogP) is 1.80. The molecule has 3 nitrogen and oxygen atoms in total. The van der Waals surface area contributed by atoms with Gasteiger partial charge < -0.3 is 10.2 Å². The van der Waals surface area contributed by atoms with Crippen LogP contribution in [0.15, 0.2) is 23.1 Å². The fourth-order valence-electron chi connectivity index (χ4n) is 1.30. The normalized spacial score (nSPS) is 10.6. The molecular weight excluding hydrogens is 239 g/mol. The van der Waals surface area contributed by atoms with Crippen molar-refractivity contribution in [2.45, 2.75) is 11.8 Å². The molecule has 1 amide bonds. The van der Waals surface area contributed by atoms with Gasteiger partial charge in [-0.15, -0.1) is 12.6 Å². The van der Waals surface area contributed by atoms with E-state index in [1.54, 1.807) is 0 Å². The first-order valence-electron chi connectivity index (χ1n) is 5.50. The third kappa shape index (κ3) is 4.36. The van der Waals surface area contributed by atoms with Crippen LogP contribution in [0.5, 0.6) is 0 Å². The van der Waals surface area contributed by atoms with Gasteiger partial charge in [-0.3, -0.25) is 4.79 Å². The Morgan fingerprint density at radius 1 is 1.53 bits per heavy atom. The largest absolute Gasteiger partial charge is 0.351 e. The Balaban J connectivity index is 2.55. The predicted molar refractivity (Wildman–Crippen MR) is 69.2 cm³/mol. The summed E-state index contributed by atoms with van der Waals surface area (Å²) in [5.41, 5.74) is 0.0386. The molecule has 17 heavy (non-hydrogen) atoms. The number of rotatable bonds is 5. The Labute approximate surface area is 106 Å². The van der Waals surface area contributed by atoms with Crippen LogP contribution in [0.3, 0.4) is 0 Å². The zero-order chi connectivity index (χ0) is 12.8. The molecular formula is C12H17FN2OS. The van der Waals surface area contributed by atoms with Gasteiger partial charge in [0.2, 0.25) is 0 Å². The minimum absolute atomic E-state index is 0.0386. The van der Waals surface area contributed by atoms with E-state index in [-0.39, 0.29) is 5.56 Å². The number of hydrogen-bond donors (Lipinski definition) is 2. The van der Waals surface area contributed by atoms with Gasteiger partial charge in [0.15, 0.2) is 0 Å². The molecule has 0 aliphatic carbocycles. The second-order valence-corrected chi connectivity index (χ2v) is 4.33. The van der Waals surface area contributed by atoms with Crippen LogP contribution in [-0.4, -0.2) is 37.5 Å². The van der Waals surface area contributed by atoms with Crippen LogP contribution in [0.1, 0.15) is 17.3 Å². The van der Waals surface area contributed by atoms with E-state index in [1.807, 2.05) is 14.0 Å². The van der Waals surface area contributed by atoms with Crippen LogP contribution < -0.4 is 5.32 Å². The summed E-state index contributed by atoms with van der Waals surface area (Å²) in [4.78, 5) is 14.3. The summed E-state index contributed by atoms with van der Waals surface area (Å²) in [6, 6.07) is 4.19. The third-order valence-corrected chi connectivity index (χ3v) is 2.79. The summed E-state index contributed by atoms with van der Waals surface area (Å²) >= 11 is 4.08. The molecule has 0 aliphatic rings. The van der Waals surface area contributed by atoms with Crippen molar-refractivity contribution in [1.29, 1.82) is 0 Å². The number of hydrogen-bond acceptors (Lipinski definition) is 3. The minimum atomic E-state index is -0.524.